The van der Waals surface area contributed by atoms with Gasteiger partial charge in [-0.15, -0.1) is 0 Å². The van der Waals surface area contributed by atoms with Gasteiger partial charge in [0.1, 0.15) is 5.70 Å². The van der Waals surface area contributed by atoms with Gasteiger partial charge < -0.3 is 14.4 Å². The fourth-order valence-corrected chi connectivity index (χ4v) is 2.88. The van der Waals surface area contributed by atoms with Gasteiger partial charge in [-0.2, -0.15) is 0 Å². The van der Waals surface area contributed by atoms with Gasteiger partial charge in [0.2, 0.25) is 0 Å². The molecule has 0 amide bonds. The van der Waals surface area contributed by atoms with Gasteiger partial charge in [-0.25, -0.2) is 9.59 Å². The molecule has 0 unspecified atom stereocenters. The molecule has 0 bridgehead atoms. The van der Waals surface area contributed by atoms with E-state index in [4.69, 9.17) is 9.47 Å². The summed E-state index contributed by atoms with van der Waals surface area (Å²) in [6.07, 6.45) is 10.0. The minimum Gasteiger partial charge on any atom is -0.465 e. The van der Waals surface area contributed by atoms with Crippen molar-refractivity contribution in [2.45, 2.75) is 33.1 Å². The number of rotatable bonds is 6. The van der Waals surface area contributed by atoms with Crippen LogP contribution in [-0.2, 0) is 25.5 Å². The summed E-state index contributed by atoms with van der Waals surface area (Å²) in [5.41, 5.74) is 3.36. The van der Waals surface area contributed by atoms with E-state index in [-0.39, 0.29) is 11.3 Å². The van der Waals surface area contributed by atoms with Crippen molar-refractivity contribution >= 4 is 17.6 Å². The maximum atomic E-state index is 12.5. The summed E-state index contributed by atoms with van der Waals surface area (Å²) in [5.74, 6) is -1.19. The fraction of sp³-hybridized carbons (Fsp3) is 0.333. The van der Waals surface area contributed by atoms with Crippen molar-refractivity contribution in [3.63, 3.8) is 0 Å². The number of ether oxygens (including phenoxy) is 2. The van der Waals surface area contributed by atoms with Gasteiger partial charge in [0.15, 0.2) is 0 Å². The Morgan fingerprint density at radius 3 is 2.42 bits per heavy atom. The first-order chi connectivity index (χ1) is 12.5. The number of carbonyl (C=O) groups is 2. The maximum Gasteiger partial charge on any atom is 0.355 e. The molecule has 0 saturated heterocycles. The number of methoxy groups -OCH3 is 2. The highest BCUT2D eigenvalue weighted by Crippen LogP contribution is 2.29. The Labute approximate surface area is 154 Å². The van der Waals surface area contributed by atoms with Gasteiger partial charge in [0.25, 0.3) is 0 Å². The molecule has 0 radical (unpaired) electrons. The molecular weight excluding hydrogens is 330 g/mol. The number of allylic oxidation sites excluding steroid dienone is 2. The molecule has 0 spiro atoms. The second-order valence-corrected chi connectivity index (χ2v) is 6.04. The molecule has 0 N–H and O–H groups in total. The second-order valence-electron chi connectivity index (χ2n) is 6.04. The third-order valence-corrected chi connectivity index (χ3v) is 4.23. The third-order valence-electron chi connectivity index (χ3n) is 4.23. The van der Waals surface area contributed by atoms with E-state index in [0.717, 1.165) is 30.5 Å². The van der Waals surface area contributed by atoms with E-state index in [0.29, 0.717) is 0 Å². The predicted molar refractivity (Wildman–Crippen MR) is 102 cm³/mol. The van der Waals surface area contributed by atoms with Gasteiger partial charge in [-0.05, 0) is 49.1 Å². The standard InChI is InChI=1S/C21H25NO4/c1-5-6-9-16-11-12-18(15(2)14-16)22-13-8-7-10-17(20(23)25-3)19(22)21(24)26-4/h7-8,10-14H,5-6,9H2,1-4H3. The number of aryl methyl sites for hydroxylation is 2. The number of hydrogen-bond donors (Lipinski definition) is 0. The van der Waals surface area contributed by atoms with Crippen LogP contribution in [0.1, 0.15) is 30.9 Å². The Bertz CT molecular complexity index is 774. The Morgan fingerprint density at radius 1 is 1.08 bits per heavy atom. The van der Waals surface area contributed by atoms with Gasteiger partial charge in [-0.1, -0.05) is 31.6 Å². The van der Waals surface area contributed by atoms with Crippen LogP contribution >= 0.6 is 0 Å². The number of anilines is 1. The van der Waals surface area contributed by atoms with Crippen LogP contribution in [0.25, 0.3) is 0 Å². The third kappa shape index (κ3) is 4.23. The number of hydrogen-bond acceptors (Lipinski definition) is 5. The molecule has 1 aromatic carbocycles. The van der Waals surface area contributed by atoms with Crippen LogP contribution in [0.2, 0.25) is 0 Å². The van der Waals surface area contributed by atoms with E-state index in [1.165, 1.54) is 19.8 Å². The maximum absolute atomic E-state index is 12.5. The monoisotopic (exact) mass is 355 g/mol. The van der Waals surface area contributed by atoms with E-state index in [2.05, 4.69) is 19.1 Å². The molecule has 2 rings (SSSR count). The zero-order valence-corrected chi connectivity index (χ0v) is 15.7. The smallest absolute Gasteiger partial charge is 0.355 e. The first-order valence-corrected chi connectivity index (χ1v) is 8.68. The van der Waals surface area contributed by atoms with Crippen LogP contribution < -0.4 is 4.90 Å². The van der Waals surface area contributed by atoms with E-state index >= 15 is 0 Å². The lowest BCUT2D eigenvalue weighted by molar-refractivity contribution is -0.139. The summed E-state index contributed by atoms with van der Waals surface area (Å²) < 4.78 is 9.76. The zero-order valence-electron chi connectivity index (χ0n) is 15.7. The van der Waals surface area contributed by atoms with E-state index < -0.39 is 11.9 Å². The van der Waals surface area contributed by atoms with Crippen molar-refractivity contribution in [1.82, 2.24) is 0 Å². The summed E-state index contributed by atoms with van der Waals surface area (Å²) in [7, 11) is 2.58. The summed E-state index contributed by atoms with van der Waals surface area (Å²) in [6, 6.07) is 6.13. The van der Waals surface area contributed by atoms with Crippen molar-refractivity contribution in [1.29, 1.82) is 0 Å². The van der Waals surface area contributed by atoms with Crippen molar-refractivity contribution in [3.8, 4) is 0 Å². The van der Waals surface area contributed by atoms with E-state index in [9.17, 15) is 9.59 Å². The summed E-state index contributed by atoms with van der Waals surface area (Å²) in [5, 5.41) is 0. The lowest BCUT2D eigenvalue weighted by atomic mass is 10.0. The molecule has 0 aromatic heterocycles. The van der Waals surface area contributed by atoms with Crippen LogP contribution in [0.3, 0.4) is 0 Å². The first-order valence-electron chi connectivity index (χ1n) is 8.68. The average molecular weight is 355 g/mol. The topological polar surface area (TPSA) is 55.8 Å². The lowest BCUT2D eigenvalue weighted by Crippen LogP contribution is -2.27. The molecule has 1 aliphatic heterocycles. The Hall–Kier alpha value is -2.82. The van der Waals surface area contributed by atoms with Crippen molar-refractivity contribution in [2.24, 2.45) is 0 Å². The highest BCUT2D eigenvalue weighted by molar-refractivity contribution is 6.05. The largest absolute Gasteiger partial charge is 0.465 e. The van der Waals surface area contributed by atoms with Gasteiger partial charge >= 0.3 is 11.9 Å². The summed E-state index contributed by atoms with van der Waals surface area (Å²) in [6.45, 7) is 4.15. The summed E-state index contributed by atoms with van der Waals surface area (Å²) >= 11 is 0. The molecule has 5 heteroatoms. The van der Waals surface area contributed by atoms with Crippen molar-refractivity contribution in [2.75, 3.05) is 19.1 Å². The molecule has 1 aromatic rings. The van der Waals surface area contributed by atoms with Gasteiger partial charge in [0, 0.05) is 11.9 Å². The second kappa shape index (κ2) is 9.04. The SMILES string of the molecule is CCCCc1ccc(N2C=CC=CC(C(=O)OC)=C2C(=O)OC)c(C)c1. The highest BCUT2D eigenvalue weighted by Gasteiger charge is 2.28. The average Bonchev–Trinajstić information content (AvgIpc) is 2.88. The Kier molecular flexibility index (Phi) is 6.78. The lowest BCUT2D eigenvalue weighted by Gasteiger charge is -2.25. The van der Waals surface area contributed by atoms with Gasteiger partial charge in [-0.3, -0.25) is 0 Å². The fourth-order valence-electron chi connectivity index (χ4n) is 2.88. The first kappa shape index (κ1) is 19.5. The van der Waals surface area contributed by atoms with E-state index in [1.54, 1.807) is 29.3 Å². The quantitative estimate of drug-likeness (QED) is 0.726. The molecule has 5 nitrogen and oxygen atoms in total. The predicted octanol–water partition coefficient (Wildman–Crippen LogP) is 3.83. The molecular formula is C21H25NO4. The zero-order chi connectivity index (χ0) is 19.1. The number of esters is 2. The minimum absolute atomic E-state index is 0.133. The molecule has 1 heterocycles. The number of carbonyl (C=O) groups excluding carboxylic acids is 2. The molecule has 0 atom stereocenters. The number of benzene rings is 1. The minimum atomic E-state index is -0.601. The van der Waals surface area contributed by atoms with Gasteiger partial charge in [0.05, 0.1) is 19.8 Å². The Balaban J connectivity index is 2.54. The summed E-state index contributed by atoms with van der Waals surface area (Å²) in [4.78, 5) is 26.3. The Morgan fingerprint density at radius 2 is 1.81 bits per heavy atom. The number of nitrogens with zero attached hydrogens (tertiary/aromatic N) is 1. The normalized spacial score (nSPS) is 13.6. The van der Waals surface area contributed by atoms with Crippen LogP contribution in [0, 0.1) is 6.92 Å². The molecule has 138 valence electrons. The van der Waals surface area contributed by atoms with Crippen molar-refractivity contribution in [3.05, 3.63) is 65.0 Å². The highest BCUT2D eigenvalue weighted by atomic mass is 16.5. The van der Waals surface area contributed by atoms with Crippen LogP contribution in [0.15, 0.2) is 53.9 Å². The van der Waals surface area contributed by atoms with E-state index in [1.807, 2.05) is 13.0 Å². The van der Waals surface area contributed by atoms with Crippen LogP contribution in [0.4, 0.5) is 5.69 Å². The molecule has 0 fully saturated rings. The molecule has 1 aliphatic rings. The number of unbranched alkanes of at least 4 members (excludes halogenated alkanes) is 1. The van der Waals surface area contributed by atoms with Crippen LogP contribution in [0.5, 0.6) is 0 Å². The van der Waals surface area contributed by atoms with Crippen molar-refractivity contribution < 1.29 is 19.1 Å². The van der Waals surface area contributed by atoms with Crippen LogP contribution in [-0.4, -0.2) is 26.2 Å². The molecule has 0 aliphatic carbocycles. The molecule has 26 heavy (non-hydrogen) atoms. The molecule has 0 saturated carbocycles.